The van der Waals surface area contributed by atoms with Gasteiger partial charge >= 0.3 is 0 Å². The molecule has 2 unspecified atom stereocenters. The molecule has 1 aromatic rings. The maximum atomic E-state index is 12.9. The minimum Gasteiger partial charge on any atom is -0.390 e. The molecule has 1 fully saturated rings. The van der Waals surface area contributed by atoms with E-state index in [0.717, 1.165) is 37.8 Å². The lowest BCUT2D eigenvalue weighted by Crippen LogP contribution is -2.43. The molecule has 2 atom stereocenters. The van der Waals surface area contributed by atoms with Gasteiger partial charge in [0.1, 0.15) is 0 Å². The Morgan fingerprint density at radius 3 is 2.55 bits per heavy atom. The van der Waals surface area contributed by atoms with E-state index >= 15 is 0 Å². The lowest BCUT2D eigenvalue weighted by molar-refractivity contribution is 0.0669. The second-order valence-electron chi connectivity index (χ2n) is 8.49. The number of rotatable bonds is 12. The maximum Gasteiger partial charge on any atom is 0.253 e. The van der Waals surface area contributed by atoms with Crippen LogP contribution in [0.4, 0.5) is 0 Å². The van der Waals surface area contributed by atoms with Crippen molar-refractivity contribution in [1.29, 1.82) is 0 Å². The lowest BCUT2D eigenvalue weighted by Gasteiger charge is -2.26. The average molecular weight is 434 g/mol. The topological polar surface area (TPSA) is 82.1 Å². The van der Waals surface area contributed by atoms with Crippen LogP contribution < -0.4 is 5.32 Å². The van der Waals surface area contributed by atoms with E-state index in [1.807, 2.05) is 17.9 Å². The Labute approximate surface area is 186 Å². The van der Waals surface area contributed by atoms with Gasteiger partial charge in [-0.2, -0.15) is 0 Å². The number of likely N-dealkylation sites (tertiary alicyclic amines) is 1. The molecule has 1 aromatic carbocycles. The number of hydrogen-bond acceptors (Lipinski definition) is 5. The van der Waals surface area contributed by atoms with Crippen LogP contribution in [0, 0.1) is 6.92 Å². The van der Waals surface area contributed by atoms with Gasteiger partial charge in [-0.05, 0) is 62.9 Å². The van der Waals surface area contributed by atoms with Crippen molar-refractivity contribution in [1.82, 2.24) is 15.1 Å². The summed E-state index contributed by atoms with van der Waals surface area (Å²) in [4.78, 5) is 29.7. The van der Waals surface area contributed by atoms with Gasteiger partial charge in [-0.25, -0.2) is 0 Å². The van der Waals surface area contributed by atoms with Gasteiger partial charge in [-0.1, -0.05) is 13.8 Å². The van der Waals surface area contributed by atoms with Gasteiger partial charge in [0.15, 0.2) is 0 Å². The van der Waals surface area contributed by atoms with Crippen LogP contribution in [0.2, 0.25) is 0 Å². The quantitative estimate of drug-likeness (QED) is 0.529. The molecule has 7 nitrogen and oxygen atoms in total. The van der Waals surface area contributed by atoms with Crippen molar-refractivity contribution in [3.63, 3.8) is 0 Å². The summed E-state index contributed by atoms with van der Waals surface area (Å²) in [5, 5.41) is 13.2. The van der Waals surface area contributed by atoms with Crippen LogP contribution in [0.3, 0.4) is 0 Å². The van der Waals surface area contributed by atoms with Crippen LogP contribution in [0.5, 0.6) is 0 Å². The molecule has 2 amide bonds. The number of carbonyl (C=O) groups is 2. The SMILES string of the molecule is CCCN(CCC)C(=O)c1cc(C)cc(C(=O)NCC(O)CN2CCCC2COC)c1. The number of nitrogens with zero attached hydrogens (tertiary/aromatic N) is 2. The summed E-state index contributed by atoms with van der Waals surface area (Å²) in [6, 6.07) is 5.59. The second-order valence-corrected chi connectivity index (χ2v) is 8.49. The van der Waals surface area contributed by atoms with Gasteiger partial charge in [-0.15, -0.1) is 0 Å². The van der Waals surface area contributed by atoms with Gasteiger partial charge in [0, 0.05) is 50.5 Å². The number of β-amino-alcohol motifs (C(OH)–C–C–N with tert-alkyl or cyclic N) is 1. The van der Waals surface area contributed by atoms with E-state index in [1.165, 1.54) is 0 Å². The molecule has 31 heavy (non-hydrogen) atoms. The lowest BCUT2D eigenvalue weighted by atomic mass is 10.0. The molecule has 1 aliphatic rings. The van der Waals surface area contributed by atoms with Crippen molar-refractivity contribution < 1.29 is 19.4 Å². The molecule has 174 valence electrons. The van der Waals surface area contributed by atoms with E-state index in [-0.39, 0.29) is 18.4 Å². The van der Waals surface area contributed by atoms with Crippen LogP contribution in [0.25, 0.3) is 0 Å². The number of methoxy groups -OCH3 is 1. The van der Waals surface area contributed by atoms with Gasteiger partial charge in [0.2, 0.25) is 0 Å². The smallest absolute Gasteiger partial charge is 0.253 e. The number of carbonyl (C=O) groups excluding carboxylic acids is 2. The highest BCUT2D eigenvalue weighted by atomic mass is 16.5. The molecule has 0 spiro atoms. The second kappa shape index (κ2) is 12.8. The third kappa shape index (κ3) is 7.59. The Morgan fingerprint density at radius 1 is 1.23 bits per heavy atom. The van der Waals surface area contributed by atoms with Crippen LogP contribution in [-0.2, 0) is 4.74 Å². The van der Waals surface area contributed by atoms with E-state index in [2.05, 4.69) is 24.1 Å². The molecule has 0 saturated carbocycles. The summed E-state index contributed by atoms with van der Waals surface area (Å²) in [5.41, 5.74) is 1.85. The van der Waals surface area contributed by atoms with Crippen LogP contribution in [0.15, 0.2) is 18.2 Å². The third-order valence-corrected chi connectivity index (χ3v) is 5.66. The van der Waals surface area contributed by atoms with Gasteiger partial charge < -0.3 is 20.1 Å². The van der Waals surface area contributed by atoms with E-state index in [4.69, 9.17) is 4.74 Å². The first-order valence-corrected chi connectivity index (χ1v) is 11.5. The fourth-order valence-corrected chi connectivity index (χ4v) is 4.24. The number of aliphatic hydroxyl groups is 1. The minimum absolute atomic E-state index is 0.0419. The van der Waals surface area contributed by atoms with Gasteiger partial charge in [0.05, 0.1) is 12.7 Å². The first-order chi connectivity index (χ1) is 14.9. The minimum atomic E-state index is -0.656. The summed E-state index contributed by atoms with van der Waals surface area (Å²) < 4.78 is 5.26. The molecule has 0 radical (unpaired) electrons. The summed E-state index contributed by atoms with van der Waals surface area (Å²) in [6.07, 6.45) is 3.30. The van der Waals surface area contributed by atoms with Crippen molar-refractivity contribution in [2.45, 2.75) is 58.6 Å². The summed E-state index contributed by atoms with van der Waals surface area (Å²) in [6.45, 7) is 9.67. The fourth-order valence-electron chi connectivity index (χ4n) is 4.24. The Bertz CT molecular complexity index is 719. The molecule has 2 rings (SSSR count). The fraction of sp³-hybridized carbons (Fsp3) is 0.667. The monoisotopic (exact) mass is 433 g/mol. The highest BCUT2D eigenvalue weighted by molar-refractivity contribution is 6.00. The number of ether oxygens (including phenoxy) is 1. The third-order valence-electron chi connectivity index (χ3n) is 5.66. The number of benzene rings is 1. The number of hydrogen-bond donors (Lipinski definition) is 2. The van der Waals surface area contributed by atoms with Crippen LogP contribution in [0.1, 0.15) is 65.8 Å². The van der Waals surface area contributed by atoms with Gasteiger partial charge in [0.25, 0.3) is 11.8 Å². The molecule has 2 N–H and O–H groups in total. The molecule has 1 aliphatic heterocycles. The zero-order valence-corrected chi connectivity index (χ0v) is 19.5. The van der Waals surface area contributed by atoms with E-state index in [1.54, 1.807) is 19.2 Å². The summed E-state index contributed by atoms with van der Waals surface area (Å²) in [5.74, 6) is -0.316. The average Bonchev–Trinajstić information content (AvgIpc) is 3.17. The molecular formula is C24H39N3O4. The largest absolute Gasteiger partial charge is 0.390 e. The number of nitrogens with one attached hydrogen (secondary N) is 1. The van der Waals surface area contributed by atoms with Crippen molar-refractivity contribution in [3.8, 4) is 0 Å². The van der Waals surface area contributed by atoms with Crippen molar-refractivity contribution >= 4 is 11.8 Å². The predicted molar refractivity (Wildman–Crippen MR) is 122 cm³/mol. The van der Waals surface area contributed by atoms with Crippen molar-refractivity contribution in [2.24, 2.45) is 0 Å². The Morgan fingerprint density at radius 2 is 1.90 bits per heavy atom. The Kier molecular flexibility index (Phi) is 10.4. The standard InChI is InChI=1S/C24H39N3O4/c1-5-9-26(10-6-2)24(30)20-13-18(3)12-19(14-20)23(29)25-15-22(28)16-27-11-7-8-21(27)17-31-4/h12-14,21-22,28H,5-11,15-17H2,1-4H3,(H,25,29). The van der Waals surface area contributed by atoms with Crippen LogP contribution in [-0.4, -0.2) is 85.3 Å². The molecule has 0 bridgehead atoms. The highest BCUT2D eigenvalue weighted by Crippen LogP contribution is 2.17. The molecule has 1 saturated heterocycles. The number of aliphatic hydroxyl groups excluding tert-OH is 1. The first-order valence-electron chi connectivity index (χ1n) is 11.5. The maximum absolute atomic E-state index is 12.9. The molecule has 7 heteroatoms. The normalized spacial score (nSPS) is 17.5. The van der Waals surface area contributed by atoms with Crippen molar-refractivity contribution in [3.05, 3.63) is 34.9 Å². The summed E-state index contributed by atoms with van der Waals surface area (Å²) >= 11 is 0. The van der Waals surface area contributed by atoms with Crippen molar-refractivity contribution in [2.75, 3.05) is 46.4 Å². The predicted octanol–water partition coefficient (Wildman–Crippen LogP) is 2.46. The molecule has 1 heterocycles. The van der Waals surface area contributed by atoms with Gasteiger partial charge in [-0.3, -0.25) is 14.5 Å². The number of aryl methyl sites for hydroxylation is 1. The molecule has 0 aliphatic carbocycles. The highest BCUT2D eigenvalue weighted by Gasteiger charge is 2.26. The molecule has 0 aromatic heterocycles. The van der Waals surface area contributed by atoms with E-state index in [9.17, 15) is 14.7 Å². The first kappa shape index (κ1) is 25.3. The summed E-state index contributed by atoms with van der Waals surface area (Å²) in [7, 11) is 1.69. The number of amides is 2. The molecular weight excluding hydrogens is 394 g/mol. The van der Waals surface area contributed by atoms with Crippen LogP contribution >= 0.6 is 0 Å². The Balaban J connectivity index is 1.97. The Hall–Kier alpha value is -1.96. The van der Waals surface area contributed by atoms with E-state index in [0.29, 0.717) is 43.4 Å². The zero-order valence-electron chi connectivity index (χ0n) is 19.5. The van der Waals surface area contributed by atoms with E-state index < -0.39 is 6.10 Å². The zero-order chi connectivity index (χ0) is 22.8.